The van der Waals surface area contributed by atoms with E-state index in [4.69, 9.17) is 19.8 Å². The van der Waals surface area contributed by atoms with Crippen LogP contribution in [0.15, 0.2) is 45.5 Å². The van der Waals surface area contributed by atoms with Crippen molar-refractivity contribution in [2.45, 2.75) is 11.8 Å². The van der Waals surface area contributed by atoms with E-state index >= 15 is 0 Å². The molecular weight excluding hydrogens is 334 g/mol. The third-order valence-electron chi connectivity index (χ3n) is 3.26. The van der Waals surface area contributed by atoms with Crippen molar-refractivity contribution in [3.05, 3.63) is 35.9 Å². The first kappa shape index (κ1) is 17.7. The molecule has 2 rings (SSSR count). The molecule has 0 aliphatic carbocycles. The molecule has 0 aliphatic rings. The van der Waals surface area contributed by atoms with Crippen LogP contribution in [0.1, 0.15) is 5.56 Å². The normalized spacial score (nSPS) is 11.7. The number of azo groups is 1. The van der Waals surface area contributed by atoms with Crippen molar-refractivity contribution in [2.75, 3.05) is 20.0 Å². The van der Waals surface area contributed by atoms with Crippen molar-refractivity contribution in [1.29, 1.82) is 0 Å². The summed E-state index contributed by atoms with van der Waals surface area (Å²) in [6, 6.07) is 7.08. The van der Waals surface area contributed by atoms with Gasteiger partial charge in [-0.1, -0.05) is 0 Å². The van der Waals surface area contributed by atoms with E-state index in [0.717, 1.165) is 5.56 Å². The molecule has 2 aromatic rings. The lowest BCUT2D eigenvalue weighted by molar-refractivity contribution is 0.415. The number of nitrogen functional groups attached to an aromatic ring is 1. The number of hydrogen-bond donors (Lipinski definition) is 2. The second kappa shape index (κ2) is 6.85. The number of hydrogen-bond acceptors (Lipinski definition) is 7. The Labute approximate surface area is 139 Å². The average Bonchev–Trinajstić information content (AvgIpc) is 2.53. The minimum atomic E-state index is -4.35. The lowest BCUT2D eigenvalue weighted by Gasteiger charge is -2.08. The Kier molecular flexibility index (Phi) is 5.05. The molecule has 0 aromatic heterocycles. The van der Waals surface area contributed by atoms with Gasteiger partial charge in [0.1, 0.15) is 17.2 Å². The molecule has 0 radical (unpaired) electrons. The molecule has 0 saturated heterocycles. The highest BCUT2D eigenvalue weighted by molar-refractivity contribution is 7.85. The summed E-state index contributed by atoms with van der Waals surface area (Å²) in [6.07, 6.45) is 0. The Bertz CT molecular complexity index is 894. The molecule has 24 heavy (non-hydrogen) atoms. The lowest BCUT2D eigenvalue weighted by atomic mass is 10.1. The quantitative estimate of drug-likeness (QED) is 0.484. The average molecular weight is 351 g/mol. The number of anilines is 1. The molecule has 0 aliphatic heterocycles. The van der Waals surface area contributed by atoms with Gasteiger partial charge in [-0.25, -0.2) is 0 Å². The van der Waals surface area contributed by atoms with E-state index in [9.17, 15) is 8.42 Å². The van der Waals surface area contributed by atoms with Gasteiger partial charge in [0.2, 0.25) is 0 Å². The first-order valence-corrected chi connectivity index (χ1v) is 8.21. The Hall–Kier alpha value is -2.65. The van der Waals surface area contributed by atoms with Crippen LogP contribution in [-0.4, -0.2) is 27.2 Å². The molecule has 0 saturated carbocycles. The van der Waals surface area contributed by atoms with E-state index in [1.54, 1.807) is 19.1 Å². The van der Waals surface area contributed by atoms with Crippen molar-refractivity contribution in [1.82, 2.24) is 0 Å². The fraction of sp³-hybridized carbons (Fsp3) is 0.200. The third-order valence-corrected chi connectivity index (χ3v) is 4.11. The summed E-state index contributed by atoms with van der Waals surface area (Å²) < 4.78 is 41.9. The number of methoxy groups -OCH3 is 2. The zero-order valence-electron chi connectivity index (χ0n) is 13.3. The molecule has 0 atom stereocenters. The van der Waals surface area contributed by atoms with Gasteiger partial charge in [0.25, 0.3) is 10.1 Å². The highest BCUT2D eigenvalue weighted by Crippen LogP contribution is 2.34. The van der Waals surface area contributed by atoms with Crippen molar-refractivity contribution < 1.29 is 22.4 Å². The first-order chi connectivity index (χ1) is 11.3. The fourth-order valence-electron chi connectivity index (χ4n) is 2.00. The van der Waals surface area contributed by atoms with Gasteiger partial charge < -0.3 is 15.2 Å². The van der Waals surface area contributed by atoms with Crippen LogP contribution in [0.25, 0.3) is 0 Å². The summed E-state index contributed by atoms with van der Waals surface area (Å²) >= 11 is 0. The van der Waals surface area contributed by atoms with Gasteiger partial charge in [-0.05, 0) is 36.8 Å². The molecule has 0 amide bonds. The van der Waals surface area contributed by atoms with Gasteiger partial charge in [0.05, 0.1) is 30.5 Å². The maximum absolute atomic E-state index is 11.2. The van der Waals surface area contributed by atoms with Crippen LogP contribution in [0.4, 0.5) is 17.1 Å². The standard InChI is InChI=1S/C15H17N3O5S/c1-9-6-11(16)15(23-3)8-12(9)17-18-13-7-10(24(19,20)21)4-5-14(13)22-2/h4-8H,16H2,1-3H3,(H,19,20,21). The summed E-state index contributed by atoms with van der Waals surface area (Å²) in [5.41, 5.74) is 7.70. The Morgan fingerprint density at radius 1 is 1.00 bits per heavy atom. The van der Waals surface area contributed by atoms with Gasteiger partial charge in [0.15, 0.2) is 0 Å². The number of rotatable bonds is 5. The number of benzene rings is 2. The number of ether oxygens (including phenoxy) is 2. The molecule has 3 N–H and O–H groups in total. The highest BCUT2D eigenvalue weighted by Gasteiger charge is 2.13. The number of aryl methyl sites for hydroxylation is 1. The predicted molar refractivity (Wildman–Crippen MR) is 89.1 cm³/mol. The molecule has 128 valence electrons. The van der Waals surface area contributed by atoms with Crippen LogP contribution < -0.4 is 15.2 Å². The predicted octanol–water partition coefficient (Wildman–Crippen LogP) is 3.26. The second-order valence-electron chi connectivity index (χ2n) is 4.89. The Balaban J connectivity index is 2.49. The zero-order chi connectivity index (χ0) is 17.9. The smallest absolute Gasteiger partial charge is 0.294 e. The van der Waals surface area contributed by atoms with Crippen molar-refractivity contribution in [3.8, 4) is 11.5 Å². The van der Waals surface area contributed by atoms with Crippen molar-refractivity contribution in [3.63, 3.8) is 0 Å². The Morgan fingerprint density at radius 3 is 2.21 bits per heavy atom. The summed E-state index contributed by atoms with van der Waals surface area (Å²) in [5.74, 6) is 0.763. The third kappa shape index (κ3) is 3.81. The molecule has 0 spiro atoms. The van der Waals surface area contributed by atoms with E-state index in [0.29, 0.717) is 22.9 Å². The SMILES string of the molecule is COc1cc(N=Nc2cc(S(=O)(=O)O)ccc2OC)c(C)cc1N. The minimum Gasteiger partial charge on any atom is -0.495 e. The monoisotopic (exact) mass is 351 g/mol. The molecule has 0 fully saturated rings. The van der Waals surface area contributed by atoms with E-state index < -0.39 is 10.1 Å². The van der Waals surface area contributed by atoms with E-state index in [2.05, 4.69) is 10.2 Å². The second-order valence-corrected chi connectivity index (χ2v) is 6.31. The first-order valence-electron chi connectivity index (χ1n) is 6.77. The fourth-order valence-corrected chi connectivity index (χ4v) is 2.50. The summed E-state index contributed by atoms with van der Waals surface area (Å²) in [5, 5.41) is 8.11. The van der Waals surface area contributed by atoms with Crippen molar-refractivity contribution in [2.24, 2.45) is 10.2 Å². The molecule has 0 bridgehead atoms. The van der Waals surface area contributed by atoms with Crippen LogP contribution >= 0.6 is 0 Å². The topological polar surface area (TPSA) is 124 Å². The molecule has 0 unspecified atom stereocenters. The van der Waals surface area contributed by atoms with E-state index in [1.807, 2.05) is 0 Å². The summed E-state index contributed by atoms with van der Waals surface area (Å²) in [7, 11) is -1.45. The zero-order valence-corrected chi connectivity index (χ0v) is 14.2. The minimum absolute atomic E-state index is 0.155. The summed E-state index contributed by atoms with van der Waals surface area (Å²) in [4.78, 5) is -0.302. The van der Waals surface area contributed by atoms with Gasteiger partial charge in [-0.15, -0.1) is 5.11 Å². The highest BCUT2D eigenvalue weighted by atomic mass is 32.2. The van der Waals surface area contributed by atoms with E-state index in [-0.39, 0.29) is 10.6 Å². The summed E-state index contributed by atoms with van der Waals surface area (Å²) in [6.45, 7) is 1.80. The van der Waals surface area contributed by atoms with E-state index in [1.165, 1.54) is 32.4 Å². The van der Waals surface area contributed by atoms with Gasteiger partial charge in [-0.2, -0.15) is 13.5 Å². The molecular formula is C15H17N3O5S. The number of nitrogens with two attached hydrogens (primary N) is 1. The van der Waals surface area contributed by atoms with Crippen LogP contribution in [0.5, 0.6) is 11.5 Å². The molecule has 8 nitrogen and oxygen atoms in total. The lowest BCUT2D eigenvalue weighted by Crippen LogP contribution is -1.97. The van der Waals surface area contributed by atoms with Crippen LogP contribution in [-0.2, 0) is 10.1 Å². The maximum Gasteiger partial charge on any atom is 0.294 e. The van der Waals surface area contributed by atoms with Crippen LogP contribution in [0.3, 0.4) is 0 Å². The molecule has 2 aromatic carbocycles. The van der Waals surface area contributed by atoms with Gasteiger partial charge in [-0.3, -0.25) is 4.55 Å². The molecule has 9 heteroatoms. The van der Waals surface area contributed by atoms with Crippen molar-refractivity contribution >= 4 is 27.2 Å². The maximum atomic E-state index is 11.2. The molecule has 0 heterocycles. The Morgan fingerprint density at radius 2 is 1.62 bits per heavy atom. The van der Waals surface area contributed by atoms with Crippen LogP contribution in [0, 0.1) is 6.92 Å². The van der Waals surface area contributed by atoms with Crippen LogP contribution in [0.2, 0.25) is 0 Å². The van der Waals surface area contributed by atoms with Gasteiger partial charge in [0, 0.05) is 6.07 Å². The van der Waals surface area contributed by atoms with Gasteiger partial charge >= 0.3 is 0 Å². The largest absolute Gasteiger partial charge is 0.495 e. The number of nitrogens with zero attached hydrogens (tertiary/aromatic N) is 2.